The zero-order valence-corrected chi connectivity index (χ0v) is 8.02. The average Bonchev–Trinajstić information content (AvgIpc) is 1.81. The molecule has 0 N–H and O–H groups in total. The Morgan fingerprint density at radius 2 is 1.50 bits per heavy atom. The number of hydrogen-bond acceptors (Lipinski definition) is 1. The normalized spacial score (nSPS) is 11.9. The smallest absolute Gasteiger partial charge is 0.103 e. The van der Waals surface area contributed by atoms with E-state index in [4.69, 9.17) is 0 Å². The fourth-order valence-corrected chi connectivity index (χ4v) is 1.37. The Kier molecular flexibility index (Phi) is 4.79. The van der Waals surface area contributed by atoms with Gasteiger partial charge in [-0.3, -0.25) is 4.90 Å². The maximum absolute atomic E-state index is 2.51. The summed E-state index contributed by atoms with van der Waals surface area (Å²) in [5.41, 5.74) is 0. The van der Waals surface area contributed by atoms with E-state index < -0.39 is 0 Å². The van der Waals surface area contributed by atoms with Crippen molar-refractivity contribution in [1.29, 1.82) is 0 Å². The quantitative estimate of drug-likeness (QED) is 0.531. The highest BCUT2D eigenvalue weighted by Gasteiger charge is 2.10. The lowest BCUT2D eigenvalue weighted by molar-refractivity contribution is 0.185. The molecule has 0 bridgehead atoms. The lowest BCUT2D eigenvalue weighted by Crippen LogP contribution is -2.37. The van der Waals surface area contributed by atoms with Gasteiger partial charge in [-0.1, -0.05) is 6.32 Å². The summed E-state index contributed by atoms with van der Waals surface area (Å²) in [6, 6.07) is 1.39. The first-order chi connectivity index (χ1) is 4.59. The summed E-state index contributed by atoms with van der Waals surface area (Å²) in [4.78, 5) is 2.51. The van der Waals surface area contributed by atoms with Crippen molar-refractivity contribution in [2.24, 2.45) is 0 Å². The van der Waals surface area contributed by atoms with Crippen LogP contribution in [0.25, 0.3) is 0 Å². The molecule has 10 heavy (non-hydrogen) atoms. The Morgan fingerprint density at radius 3 is 1.60 bits per heavy atom. The molecule has 0 saturated heterocycles. The van der Waals surface area contributed by atoms with Gasteiger partial charge in [0.15, 0.2) is 0 Å². The van der Waals surface area contributed by atoms with E-state index in [1.165, 1.54) is 12.9 Å². The van der Waals surface area contributed by atoms with Crippen LogP contribution in [0, 0.1) is 0 Å². The highest BCUT2D eigenvalue weighted by molar-refractivity contribution is 6.08. The first-order valence-corrected chi connectivity index (χ1v) is 4.35. The van der Waals surface area contributed by atoms with Crippen LogP contribution in [0.3, 0.4) is 0 Å². The van der Waals surface area contributed by atoms with E-state index >= 15 is 0 Å². The summed E-state index contributed by atoms with van der Waals surface area (Å²) in [6.45, 7) is 10.3. The predicted molar refractivity (Wildman–Crippen MR) is 50.3 cm³/mol. The second-order valence-corrected chi connectivity index (χ2v) is 3.43. The van der Waals surface area contributed by atoms with Crippen LogP contribution in [0.15, 0.2) is 0 Å². The maximum Gasteiger partial charge on any atom is 0.103 e. The molecule has 0 aliphatic heterocycles. The average molecular weight is 141 g/mol. The van der Waals surface area contributed by atoms with E-state index in [2.05, 4.69) is 40.4 Å². The molecule has 0 saturated carbocycles. The molecular formula is C8H20BN. The van der Waals surface area contributed by atoms with Gasteiger partial charge < -0.3 is 0 Å². The Balaban J connectivity index is 3.73. The van der Waals surface area contributed by atoms with Gasteiger partial charge in [0.25, 0.3) is 0 Å². The Hall–Kier alpha value is 0.0249. The van der Waals surface area contributed by atoms with Crippen molar-refractivity contribution in [2.45, 2.75) is 46.1 Å². The van der Waals surface area contributed by atoms with Crippen LogP contribution in [0.5, 0.6) is 0 Å². The van der Waals surface area contributed by atoms with Crippen molar-refractivity contribution in [3.63, 3.8) is 0 Å². The molecule has 1 nitrogen and oxygen atoms in total. The Bertz CT molecular complexity index is 73.3. The van der Waals surface area contributed by atoms with E-state index in [1.54, 1.807) is 0 Å². The first kappa shape index (κ1) is 10.0. The zero-order valence-electron chi connectivity index (χ0n) is 8.02. The van der Waals surface area contributed by atoms with Crippen LogP contribution in [0.1, 0.15) is 27.7 Å². The highest BCUT2D eigenvalue weighted by atomic mass is 15.2. The van der Waals surface area contributed by atoms with Crippen molar-refractivity contribution in [1.82, 2.24) is 4.90 Å². The summed E-state index contributed by atoms with van der Waals surface area (Å²) >= 11 is 0. The number of rotatable bonds is 4. The number of hydrogen-bond donors (Lipinski definition) is 0. The van der Waals surface area contributed by atoms with Crippen LogP contribution in [0.2, 0.25) is 6.32 Å². The lowest BCUT2D eigenvalue weighted by Gasteiger charge is -2.29. The van der Waals surface area contributed by atoms with Crippen molar-refractivity contribution >= 4 is 7.85 Å². The highest BCUT2D eigenvalue weighted by Crippen LogP contribution is 2.04. The molecule has 0 aromatic heterocycles. The molecule has 0 aliphatic carbocycles. The van der Waals surface area contributed by atoms with E-state index in [0.717, 1.165) is 0 Å². The largest absolute Gasteiger partial charge is 0.299 e. The van der Waals surface area contributed by atoms with Gasteiger partial charge in [-0.2, -0.15) is 0 Å². The minimum absolute atomic E-state index is 0.694. The van der Waals surface area contributed by atoms with Crippen LogP contribution in [-0.2, 0) is 0 Å². The van der Waals surface area contributed by atoms with Gasteiger partial charge >= 0.3 is 0 Å². The van der Waals surface area contributed by atoms with Crippen LogP contribution >= 0.6 is 0 Å². The molecule has 0 amide bonds. The van der Waals surface area contributed by atoms with E-state index in [-0.39, 0.29) is 0 Å². The van der Waals surface area contributed by atoms with Gasteiger partial charge in [-0.15, -0.1) is 0 Å². The molecule has 0 aliphatic rings. The maximum atomic E-state index is 2.51. The van der Waals surface area contributed by atoms with Crippen molar-refractivity contribution < 1.29 is 0 Å². The standard InChI is InChI=1S/C8H20BN/c1-7(2)10(6-5-9)8(3)4/h7-8H,5-6,9H2,1-4H3. The van der Waals surface area contributed by atoms with Crippen LogP contribution < -0.4 is 0 Å². The first-order valence-electron chi connectivity index (χ1n) is 4.35. The van der Waals surface area contributed by atoms with E-state index in [9.17, 15) is 0 Å². The molecule has 60 valence electrons. The molecule has 0 fully saturated rings. The fraction of sp³-hybridized carbons (Fsp3) is 1.00. The molecule has 0 rings (SSSR count). The Labute approximate surface area is 66.2 Å². The molecule has 0 unspecified atom stereocenters. The van der Waals surface area contributed by atoms with Gasteiger partial charge in [0.2, 0.25) is 0 Å². The van der Waals surface area contributed by atoms with Crippen LogP contribution in [-0.4, -0.2) is 31.4 Å². The van der Waals surface area contributed by atoms with Gasteiger partial charge in [-0.25, -0.2) is 0 Å². The molecule has 2 heteroatoms. The fourth-order valence-electron chi connectivity index (χ4n) is 1.37. The van der Waals surface area contributed by atoms with Gasteiger partial charge in [0.05, 0.1) is 0 Å². The zero-order chi connectivity index (χ0) is 8.15. The number of nitrogens with zero attached hydrogens (tertiary/aromatic N) is 1. The summed E-state index contributed by atoms with van der Waals surface area (Å²) in [6.07, 6.45) is 1.26. The molecule has 0 atom stereocenters. The monoisotopic (exact) mass is 141 g/mol. The third kappa shape index (κ3) is 3.26. The molecule has 0 aromatic carbocycles. The van der Waals surface area contributed by atoms with Gasteiger partial charge in [-0.05, 0) is 34.2 Å². The Morgan fingerprint density at radius 1 is 1.10 bits per heavy atom. The molecular weight excluding hydrogens is 121 g/mol. The van der Waals surface area contributed by atoms with Crippen molar-refractivity contribution in [3.8, 4) is 0 Å². The second-order valence-electron chi connectivity index (χ2n) is 3.43. The van der Waals surface area contributed by atoms with Crippen molar-refractivity contribution in [3.05, 3.63) is 0 Å². The van der Waals surface area contributed by atoms with Crippen molar-refractivity contribution in [2.75, 3.05) is 6.54 Å². The summed E-state index contributed by atoms with van der Waals surface area (Å²) in [5, 5.41) is 0. The minimum Gasteiger partial charge on any atom is -0.299 e. The summed E-state index contributed by atoms with van der Waals surface area (Å²) in [5.74, 6) is 0. The second kappa shape index (κ2) is 4.78. The van der Waals surface area contributed by atoms with Crippen LogP contribution in [0.4, 0.5) is 0 Å². The SMILES string of the molecule is BCCN(C(C)C)C(C)C. The molecule has 0 spiro atoms. The van der Waals surface area contributed by atoms with Gasteiger partial charge in [0, 0.05) is 12.1 Å². The summed E-state index contributed by atoms with van der Waals surface area (Å²) < 4.78 is 0. The van der Waals surface area contributed by atoms with E-state index in [1.807, 2.05) is 0 Å². The molecule has 0 heterocycles. The molecule has 0 aromatic rings. The topological polar surface area (TPSA) is 3.24 Å². The van der Waals surface area contributed by atoms with Gasteiger partial charge in [0.1, 0.15) is 7.85 Å². The lowest BCUT2D eigenvalue weighted by atomic mass is 10.0. The molecule has 0 radical (unpaired) electrons. The third-order valence-electron chi connectivity index (χ3n) is 1.81. The third-order valence-corrected chi connectivity index (χ3v) is 1.81. The minimum atomic E-state index is 0.694. The predicted octanol–water partition coefficient (Wildman–Crippen LogP) is 1.16. The summed E-state index contributed by atoms with van der Waals surface area (Å²) in [7, 11) is 2.23. The van der Waals surface area contributed by atoms with E-state index in [0.29, 0.717) is 12.1 Å².